The fourth-order valence-corrected chi connectivity index (χ4v) is 4.21. The Labute approximate surface area is 182 Å². The third-order valence-corrected chi connectivity index (χ3v) is 5.85. The first-order chi connectivity index (χ1) is 14.6. The summed E-state index contributed by atoms with van der Waals surface area (Å²) in [7, 11) is 3.66. The number of para-hydroxylation sites is 1. The van der Waals surface area contributed by atoms with Gasteiger partial charge in [-0.2, -0.15) is 0 Å². The van der Waals surface area contributed by atoms with E-state index in [0.717, 1.165) is 25.1 Å². The van der Waals surface area contributed by atoms with Crippen LogP contribution in [0.5, 0.6) is 11.5 Å². The van der Waals surface area contributed by atoms with Crippen molar-refractivity contribution in [2.45, 2.75) is 12.3 Å². The number of benzene rings is 3. The molecule has 30 heavy (non-hydrogen) atoms. The minimum Gasteiger partial charge on any atom is -0.496 e. The minimum atomic E-state index is -0.490. The highest BCUT2D eigenvalue weighted by Crippen LogP contribution is 2.37. The Bertz CT molecular complexity index is 1050. The lowest BCUT2D eigenvalue weighted by Crippen LogP contribution is -2.24. The number of rotatable bonds is 4. The average molecular weight is 422 g/mol. The van der Waals surface area contributed by atoms with Crippen LogP contribution >= 0.6 is 11.6 Å². The fourth-order valence-electron chi connectivity index (χ4n) is 3.98. The van der Waals surface area contributed by atoms with Gasteiger partial charge in [-0.05, 0) is 54.4 Å². The molecule has 0 bridgehead atoms. The Morgan fingerprint density at radius 2 is 1.77 bits per heavy atom. The number of carbonyl (C=O) groups is 1. The summed E-state index contributed by atoms with van der Waals surface area (Å²) in [4.78, 5) is 15.1. The van der Waals surface area contributed by atoms with Crippen LogP contribution in [0.3, 0.4) is 0 Å². The van der Waals surface area contributed by atoms with E-state index in [9.17, 15) is 4.79 Å². The molecular formula is C25H24ClNO3. The van der Waals surface area contributed by atoms with Crippen molar-refractivity contribution in [3.05, 3.63) is 94.0 Å². The molecule has 0 saturated heterocycles. The molecule has 0 aliphatic carbocycles. The zero-order valence-electron chi connectivity index (χ0n) is 17.1. The number of fused-ring (bicyclic) bond motifs is 1. The molecule has 0 N–H and O–H groups in total. The summed E-state index contributed by atoms with van der Waals surface area (Å²) in [6, 6.07) is 21.3. The minimum absolute atomic E-state index is 0.176. The van der Waals surface area contributed by atoms with Gasteiger partial charge in [-0.3, -0.25) is 0 Å². The molecule has 3 aromatic carbocycles. The Morgan fingerprint density at radius 1 is 1.03 bits per heavy atom. The number of hydrogen-bond donors (Lipinski definition) is 0. The number of methoxy groups -OCH3 is 1. The third-order valence-electron chi connectivity index (χ3n) is 5.56. The van der Waals surface area contributed by atoms with Gasteiger partial charge in [0.2, 0.25) is 0 Å². The van der Waals surface area contributed by atoms with E-state index in [0.29, 0.717) is 22.1 Å². The van der Waals surface area contributed by atoms with Crippen LogP contribution in [-0.2, 0) is 6.42 Å². The van der Waals surface area contributed by atoms with E-state index in [2.05, 4.69) is 36.2 Å². The summed E-state index contributed by atoms with van der Waals surface area (Å²) in [5.74, 6) is 0.528. The van der Waals surface area contributed by atoms with Gasteiger partial charge in [-0.1, -0.05) is 54.1 Å². The predicted octanol–water partition coefficient (Wildman–Crippen LogP) is 5.19. The lowest BCUT2D eigenvalue weighted by Gasteiger charge is -2.22. The summed E-state index contributed by atoms with van der Waals surface area (Å²) in [5, 5.41) is 0.438. The smallest absolute Gasteiger partial charge is 0.347 e. The van der Waals surface area contributed by atoms with E-state index in [1.165, 1.54) is 18.2 Å². The van der Waals surface area contributed by atoms with Gasteiger partial charge in [0, 0.05) is 19.0 Å². The van der Waals surface area contributed by atoms with E-state index in [1.807, 2.05) is 24.3 Å². The van der Waals surface area contributed by atoms with E-state index >= 15 is 0 Å². The van der Waals surface area contributed by atoms with Gasteiger partial charge in [0.25, 0.3) is 0 Å². The largest absolute Gasteiger partial charge is 0.496 e. The number of ether oxygens (including phenoxy) is 2. The van der Waals surface area contributed by atoms with Crippen LogP contribution in [0.4, 0.5) is 0 Å². The number of halogens is 1. The quantitative estimate of drug-likeness (QED) is 0.429. The van der Waals surface area contributed by atoms with Gasteiger partial charge in [-0.15, -0.1) is 0 Å². The van der Waals surface area contributed by atoms with Gasteiger partial charge in [-0.25, -0.2) is 4.79 Å². The molecule has 0 unspecified atom stereocenters. The number of likely N-dealkylation sites (N-methyl/N-ethyl adjacent to an activating group) is 1. The second-order valence-electron chi connectivity index (χ2n) is 7.55. The highest BCUT2D eigenvalue weighted by Gasteiger charge is 2.25. The van der Waals surface area contributed by atoms with Crippen molar-refractivity contribution in [3.8, 4) is 11.5 Å². The molecule has 0 saturated carbocycles. The molecule has 5 heteroatoms. The maximum atomic E-state index is 12.8. The van der Waals surface area contributed by atoms with Gasteiger partial charge in [0.15, 0.2) is 0 Å². The average Bonchev–Trinajstić information content (AvgIpc) is 2.93. The van der Waals surface area contributed by atoms with Crippen LogP contribution in [0.2, 0.25) is 5.02 Å². The monoisotopic (exact) mass is 421 g/mol. The van der Waals surface area contributed by atoms with Gasteiger partial charge >= 0.3 is 5.97 Å². The molecule has 0 fully saturated rings. The van der Waals surface area contributed by atoms with E-state index in [1.54, 1.807) is 18.2 Å². The first-order valence-electron chi connectivity index (χ1n) is 9.98. The molecule has 0 aromatic heterocycles. The molecule has 3 aromatic rings. The topological polar surface area (TPSA) is 38.8 Å². The van der Waals surface area contributed by atoms with Crippen molar-refractivity contribution in [1.82, 2.24) is 4.90 Å². The highest BCUT2D eigenvalue weighted by atomic mass is 35.5. The molecular weight excluding hydrogens is 398 g/mol. The molecule has 4 rings (SSSR count). The number of nitrogens with zero attached hydrogens (tertiary/aromatic N) is 1. The Hall–Kier alpha value is -2.82. The van der Waals surface area contributed by atoms with Crippen molar-refractivity contribution in [2.75, 3.05) is 27.2 Å². The van der Waals surface area contributed by atoms with E-state index in [-0.39, 0.29) is 5.92 Å². The first-order valence-corrected chi connectivity index (χ1v) is 10.4. The van der Waals surface area contributed by atoms with Crippen LogP contribution in [-0.4, -0.2) is 38.1 Å². The second-order valence-corrected chi connectivity index (χ2v) is 7.95. The summed E-state index contributed by atoms with van der Waals surface area (Å²) in [6.07, 6.45) is 0.898. The van der Waals surface area contributed by atoms with Crippen LogP contribution < -0.4 is 9.47 Å². The highest BCUT2D eigenvalue weighted by molar-refractivity contribution is 6.32. The Kier molecular flexibility index (Phi) is 6.07. The van der Waals surface area contributed by atoms with Crippen molar-refractivity contribution >= 4 is 17.6 Å². The van der Waals surface area contributed by atoms with Crippen LogP contribution in [0, 0.1) is 0 Å². The molecule has 1 heterocycles. The molecule has 0 spiro atoms. The molecule has 0 amide bonds. The lowest BCUT2D eigenvalue weighted by atomic mass is 9.88. The maximum Gasteiger partial charge on any atom is 0.347 e. The van der Waals surface area contributed by atoms with Crippen molar-refractivity contribution in [1.29, 1.82) is 0 Å². The van der Waals surface area contributed by atoms with Crippen LogP contribution in [0.15, 0.2) is 66.7 Å². The number of carbonyl (C=O) groups excluding carboxylic acids is 1. The third kappa shape index (κ3) is 4.20. The SMILES string of the molecule is COc1ccccc1C(=O)Oc1cc2c(cc1Cl)CCN(C)C[C@H]2c1ccccc1. The summed E-state index contributed by atoms with van der Waals surface area (Å²) >= 11 is 6.53. The standard InChI is InChI=1S/C25H24ClNO3/c1-27-13-12-18-14-22(26)24(30-25(28)19-10-6-7-11-23(19)29-2)15-20(18)21(16-27)17-8-4-3-5-9-17/h3-11,14-15,21H,12-13,16H2,1-2H3/t21-/m0/s1. The fraction of sp³-hybridized carbons (Fsp3) is 0.240. The lowest BCUT2D eigenvalue weighted by molar-refractivity contribution is 0.0731. The zero-order chi connectivity index (χ0) is 21.1. The Morgan fingerprint density at radius 3 is 2.53 bits per heavy atom. The molecule has 154 valence electrons. The number of esters is 1. The molecule has 1 aliphatic heterocycles. The van der Waals surface area contributed by atoms with E-state index in [4.69, 9.17) is 21.1 Å². The van der Waals surface area contributed by atoms with Crippen molar-refractivity contribution in [3.63, 3.8) is 0 Å². The summed E-state index contributed by atoms with van der Waals surface area (Å²) in [5.41, 5.74) is 3.94. The van der Waals surface area contributed by atoms with Crippen molar-refractivity contribution < 1.29 is 14.3 Å². The zero-order valence-corrected chi connectivity index (χ0v) is 17.9. The molecule has 0 radical (unpaired) electrons. The number of hydrogen-bond acceptors (Lipinski definition) is 4. The maximum absolute atomic E-state index is 12.8. The van der Waals surface area contributed by atoms with Gasteiger partial charge in [0.05, 0.1) is 12.1 Å². The van der Waals surface area contributed by atoms with Gasteiger partial charge < -0.3 is 14.4 Å². The predicted molar refractivity (Wildman–Crippen MR) is 119 cm³/mol. The summed E-state index contributed by atoms with van der Waals surface area (Å²) in [6.45, 7) is 1.84. The van der Waals surface area contributed by atoms with Gasteiger partial charge in [0.1, 0.15) is 17.1 Å². The first kappa shape index (κ1) is 20.5. The second kappa shape index (κ2) is 8.90. The molecule has 1 atom stereocenters. The van der Waals surface area contributed by atoms with Crippen LogP contribution in [0.1, 0.15) is 33.0 Å². The van der Waals surface area contributed by atoms with Crippen LogP contribution in [0.25, 0.3) is 0 Å². The summed E-state index contributed by atoms with van der Waals surface area (Å²) < 4.78 is 11.0. The molecule has 1 aliphatic rings. The van der Waals surface area contributed by atoms with Crippen molar-refractivity contribution in [2.24, 2.45) is 0 Å². The van der Waals surface area contributed by atoms with E-state index < -0.39 is 5.97 Å². The normalized spacial score (nSPS) is 16.4. The molecule has 4 nitrogen and oxygen atoms in total. The Balaban J connectivity index is 1.72.